The number of amides is 1. The molecule has 0 saturated heterocycles. The maximum atomic E-state index is 12.3. The van der Waals surface area contributed by atoms with Crippen LogP contribution in [0.2, 0.25) is 0 Å². The van der Waals surface area contributed by atoms with Crippen LogP contribution in [0, 0.1) is 13.8 Å². The summed E-state index contributed by atoms with van der Waals surface area (Å²) in [6.45, 7) is 3.89. The Bertz CT molecular complexity index is 1000. The van der Waals surface area contributed by atoms with Crippen molar-refractivity contribution in [2.45, 2.75) is 20.3 Å². The topological polar surface area (TPSA) is 110 Å². The number of carbonyl (C=O) groups is 2. The lowest BCUT2D eigenvalue weighted by Gasteiger charge is -2.09. The fraction of sp³-hybridized carbons (Fsp3) is 0.250. The number of pyridine rings is 1. The highest BCUT2D eigenvalue weighted by molar-refractivity contribution is 5.94. The van der Waals surface area contributed by atoms with Crippen LogP contribution in [-0.2, 0) is 13.5 Å². The van der Waals surface area contributed by atoms with E-state index in [1.165, 1.54) is 6.33 Å². The molecule has 0 aliphatic heterocycles. The number of benzene rings is 1. The van der Waals surface area contributed by atoms with Gasteiger partial charge in [0.15, 0.2) is 0 Å². The van der Waals surface area contributed by atoms with Gasteiger partial charge in [0.25, 0.3) is 5.91 Å². The molecule has 0 saturated carbocycles. The highest BCUT2D eigenvalue weighted by atomic mass is 16.4. The maximum Gasteiger partial charge on any atom is 0.337 e. The van der Waals surface area contributed by atoms with Gasteiger partial charge < -0.3 is 10.4 Å². The second-order valence-electron chi connectivity index (χ2n) is 6.47. The van der Waals surface area contributed by atoms with Crippen molar-refractivity contribution in [1.82, 2.24) is 25.1 Å². The van der Waals surface area contributed by atoms with Crippen molar-refractivity contribution in [3.8, 4) is 11.3 Å². The highest BCUT2D eigenvalue weighted by Gasteiger charge is 2.14. The lowest BCUT2D eigenvalue weighted by molar-refractivity contribution is 0.0694. The number of hydrogen-bond acceptors (Lipinski definition) is 5. The van der Waals surface area contributed by atoms with Gasteiger partial charge in [-0.2, -0.15) is 5.10 Å². The van der Waals surface area contributed by atoms with Gasteiger partial charge in [-0.15, -0.1) is 0 Å². The quantitative estimate of drug-likeness (QED) is 0.679. The first-order valence-electron chi connectivity index (χ1n) is 8.80. The summed E-state index contributed by atoms with van der Waals surface area (Å²) >= 11 is 0. The Balaban J connectivity index is 1.68. The van der Waals surface area contributed by atoms with E-state index in [4.69, 9.17) is 0 Å². The summed E-state index contributed by atoms with van der Waals surface area (Å²) in [6, 6.07) is 8.81. The molecular formula is C20H21N5O3. The molecule has 3 aromatic rings. The lowest BCUT2D eigenvalue weighted by atomic mass is 10.0. The third-order valence-corrected chi connectivity index (χ3v) is 4.49. The maximum absolute atomic E-state index is 12.3. The smallest absolute Gasteiger partial charge is 0.337 e. The minimum Gasteiger partial charge on any atom is -0.478 e. The van der Waals surface area contributed by atoms with E-state index in [1.54, 1.807) is 48.9 Å². The first kappa shape index (κ1) is 19.2. The Hall–Kier alpha value is -3.55. The van der Waals surface area contributed by atoms with Crippen molar-refractivity contribution in [3.63, 3.8) is 0 Å². The Labute approximate surface area is 162 Å². The number of nitrogens with one attached hydrogen (secondary N) is 1. The van der Waals surface area contributed by atoms with Crippen LogP contribution in [0.1, 0.15) is 37.8 Å². The Morgan fingerprint density at radius 1 is 1.18 bits per heavy atom. The summed E-state index contributed by atoms with van der Waals surface area (Å²) < 4.78 is 1.67. The predicted octanol–water partition coefficient (Wildman–Crippen LogP) is 2.16. The van der Waals surface area contributed by atoms with E-state index in [0.717, 1.165) is 11.4 Å². The highest BCUT2D eigenvalue weighted by Crippen LogP contribution is 2.22. The molecule has 0 fully saturated rings. The molecule has 0 aliphatic carbocycles. The van der Waals surface area contributed by atoms with Gasteiger partial charge in [-0.25, -0.2) is 9.78 Å². The van der Waals surface area contributed by atoms with Crippen molar-refractivity contribution >= 4 is 11.9 Å². The summed E-state index contributed by atoms with van der Waals surface area (Å²) in [4.78, 5) is 32.1. The molecule has 1 amide bonds. The molecule has 0 unspecified atom stereocenters. The average molecular weight is 379 g/mol. The molecule has 0 radical (unpaired) electrons. The summed E-state index contributed by atoms with van der Waals surface area (Å²) in [6.07, 6.45) is 2.08. The molecule has 2 heterocycles. The van der Waals surface area contributed by atoms with Crippen LogP contribution in [-0.4, -0.2) is 43.3 Å². The number of aromatic carboxylic acids is 1. The zero-order valence-electron chi connectivity index (χ0n) is 15.9. The van der Waals surface area contributed by atoms with Gasteiger partial charge in [-0.1, -0.05) is 12.1 Å². The van der Waals surface area contributed by atoms with Gasteiger partial charge in [0.1, 0.15) is 12.2 Å². The third kappa shape index (κ3) is 4.06. The number of carboxylic acids is 1. The number of hydrogen-bond donors (Lipinski definition) is 2. The van der Waals surface area contributed by atoms with Crippen molar-refractivity contribution in [2.75, 3.05) is 6.54 Å². The third-order valence-electron chi connectivity index (χ3n) is 4.49. The van der Waals surface area contributed by atoms with E-state index < -0.39 is 5.97 Å². The van der Waals surface area contributed by atoms with Crippen LogP contribution < -0.4 is 5.32 Å². The number of aromatic nitrogens is 4. The van der Waals surface area contributed by atoms with E-state index in [0.29, 0.717) is 35.5 Å². The molecule has 8 nitrogen and oxygen atoms in total. The minimum atomic E-state index is -0.984. The number of aryl methyl sites for hydroxylation is 3. The van der Waals surface area contributed by atoms with Crippen LogP contribution in [0.15, 0.2) is 36.7 Å². The molecule has 2 N–H and O–H groups in total. The standard InChI is InChI=1S/C20H21N5O3/c1-12-10-16(24-13(2)18(12)20(27)28)14-4-6-15(7-5-14)19(26)21-9-8-17-22-11-23-25(17)3/h4-7,10-11H,8-9H2,1-3H3,(H,21,26)(H,27,28). The van der Waals surface area contributed by atoms with Gasteiger partial charge in [0, 0.05) is 31.1 Å². The molecule has 0 spiro atoms. The molecular weight excluding hydrogens is 358 g/mol. The van der Waals surface area contributed by atoms with Crippen molar-refractivity contribution in [3.05, 3.63) is 64.9 Å². The summed E-state index contributed by atoms with van der Waals surface area (Å²) in [5.74, 6) is -0.352. The van der Waals surface area contributed by atoms with Gasteiger partial charge >= 0.3 is 5.97 Å². The average Bonchev–Trinajstić information content (AvgIpc) is 3.06. The molecule has 0 atom stereocenters. The SMILES string of the molecule is Cc1cc(-c2ccc(C(=O)NCCc3ncnn3C)cc2)nc(C)c1C(=O)O. The predicted molar refractivity (Wildman–Crippen MR) is 103 cm³/mol. The number of rotatable bonds is 6. The Morgan fingerprint density at radius 2 is 1.89 bits per heavy atom. The fourth-order valence-electron chi connectivity index (χ4n) is 3.03. The van der Waals surface area contributed by atoms with Gasteiger partial charge in [-0.3, -0.25) is 14.5 Å². The first-order valence-corrected chi connectivity index (χ1v) is 8.80. The Kier molecular flexibility index (Phi) is 5.49. The van der Waals surface area contributed by atoms with Gasteiger partial charge in [-0.05, 0) is 37.6 Å². The van der Waals surface area contributed by atoms with Crippen LogP contribution in [0.25, 0.3) is 11.3 Å². The zero-order chi connectivity index (χ0) is 20.3. The van der Waals surface area contributed by atoms with E-state index in [1.807, 2.05) is 7.05 Å². The van der Waals surface area contributed by atoms with Crippen molar-refractivity contribution in [1.29, 1.82) is 0 Å². The number of carbonyl (C=O) groups excluding carboxylic acids is 1. The lowest BCUT2D eigenvalue weighted by Crippen LogP contribution is -2.26. The summed E-state index contributed by atoms with van der Waals surface area (Å²) in [7, 11) is 1.81. The van der Waals surface area contributed by atoms with Crippen molar-refractivity contribution < 1.29 is 14.7 Å². The summed E-state index contributed by atoms with van der Waals surface area (Å²) in [5, 5.41) is 16.1. The minimum absolute atomic E-state index is 0.171. The van der Waals surface area contributed by atoms with E-state index >= 15 is 0 Å². The Morgan fingerprint density at radius 3 is 2.46 bits per heavy atom. The number of carboxylic acid groups (broad SMARTS) is 1. The molecule has 28 heavy (non-hydrogen) atoms. The molecule has 8 heteroatoms. The molecule has 1 aromatic carbocycles. The van der Waals surface area contributed by atoms with Crippen LogP contribution >= 0.6 is 0 Å². The molecule has 144 valence electrons. The second kappa shape index (κ2) is 7.99. The monoisotopic (exact) mass is 379 g/mol. The van der Waals surface area contributed by atoms with Gasteiger partial charge in [0.2, 0.25) is 0 Å². The van der Waals surface area contributed by atoms with E-state index in [2.05, 4.69) is 20.4 Å². The molecule has 3 rings (SSSR count). The molecule has 2 aromatic heterocycles. The largest absolute Gasteiger partial charge is 0.478 e. The molecule has 0 bridgehead atoms. The normalized spacial score (nSPS) is 10.7. The van der Waals surface area contributed by atoms with Crippen LogP contribution in [0.3, 0.4) is 0 Å². The van der Waals surface area contributed by atoms with E-state index in [-0.39, 0.29) is 11.5 Å². The second-order valence-corrected chi connectivity index (χ2v) is 6.47. The van der Waals surface area contributed by atoms with Gasteiger partial charge in [0.05, 0.1) is 17.0 Å². The number of nitrogens with zero attached hydrogens (tertiary/aromatic N) is 4. The van der Waals surface area contributed by atoms with E-state index in [9.17, 15) is 14.7 Å². The zero-order valence-corrected chi connectivity index (χ0v) is 15.9. The van der Waals surface area contributed by atoms with Crippen molar-refractivity contribution in [2.24, 2.45) is 7.05 Å². The summed E-state index contributed by atoms with van der Waals surface area (Å²) in [5.41, 5.74) is 3.38. The van der Waals surface area contributed by atoms with Crippen LogP contribution in [0.4, 0.5) is 0 Å². The first-order chi connectivity index (χ1) is 13.4. The molecule has 0 aliphatic rings. The fourth-order valence-corrected chi connectivity index (χ4v) is 3.03. The van der Waals surface area contributed by atoms with Crippen LogP contribution in [0.5, 0.6) is 0 Å².